The minimum absolute atomic E-state index is 0.0361. The third-order valence-electron chi connectivity index (χ3n) is 4.25. The summed E-state index contributed by atoms with van der Waals surface area (Å²) in [6, 6.07) is 4.49. The highest BCUT2D eigenvalue weighted by Gasteiger charge is 2.64. The van der Waals surface area contributed by atoms with Crippen LogP contribution in [-0.2, 0) is 19.1 Å². The van der Waals surface area contributed by atoms with E-state index in [2.05, 4.69) is 10.3 Å². The predicted octanol–water partition coefficient (Wildman–Crippen LogP) is 5.17. The second kappa shape index (κ2) is 7.46. The zero-order valence-corrected chi connectivity index (χ0v) is 16.2. The van der Waals surface area contributed by atoms with Crippen molar-refractivity contribution in [2.75, 3.05) is 0 Å². The Bertz CT molecular complexity index is 1200. The molecule has 2 aromatic heterocycles. The van der Waals surface area contributed by atoms with Gasteiger partial charge in [0.05, 0.1) is 10.6 Å². The van der Waals surface area contributed by atoms with E-state index in [0.717, 1.165) is 19.2 Å². The summed E-state index contributed by atoms with van der Waals surface area (Å²) < 4.78 is 112. The summed E-state index contributed by atoms with van der Waals surface area (Å²) in [4.78, 5) is 11.4. The third kappa shape index (κ3) is 3.89. The molecule has 0 saturated carbocycles. The summed E-state index contributed by atoms with van der Waals surface area (Å²) in [5, 5.41) is 6.09. The molecule has 6 nitrogen and oxygen atoms in total. The molecule has 0 bridgehead atoms. The molecule has 1 aromatic carbocycles. The summed E-state index contributed by atoms with van der Waals surface area (Å²) in [7, 11) is 0.738. The molecule has 0 aliphatic carbocycles. The Morgan fingerprint density at radius 1 is 1.09 bits per heavy atom. The van der Waals surface area contributed by atoms with Gasteiger partial charge in [-0.05, 0) is 18.2 Å². The van der Waals surface area contributed by atoms with Crippen molar-refractivity contribution in [2.45, 2.75) is 18.3 Å². The molecule has 0 unspecified atom stereocenters. The molecule has 0 atom stereocenters. The molecular weight excluding hydrogens is 480 g/mol. The first-order valence-corrected chi connectivity index (χ1v) is 8.59. The Labute approximate surface area is 177 Å². The van der Waals surface area contributed by atoms with Gasteiger partial charge in [-0.3, -0.25) is 9.48 Å². The largest absolute Gasteiger partial charge is 0.459 e. The fraction of sp³-hybridized carbons (Fsp3) is 0.235. The van der Waals surface area contributed by atoms with Gasteiger partial charge in [0.15, 0.2) is 11.5 Å². The number of hydrogen-bond acceptors (Lipinski definition) is 4. The molecule has 15 heteroatoms. The fourth-order valence-electron chi connectivity index (χ4n) is 2.83. The molecule has 2 N–H and O–H groups in total. The van der Waals surface area contributed by atoms with E-state index in [1.807, 2.05) is 0 Å². The van der Waals surface area contributed by atoms with Crippen LogP contribution < -0.4 is 5.73 Å². The smallest absolute Gasteiger partial charge is 0.366 e. The molecule has 2 heterocycles. The van der Waals surface area contributed by atoms with Gasteiger partial charge in [-0.1, -0.05) is 16.8 Å². The minimum Gasteiger partial charge on any atom is -0.366 e. The molecule has 32 heavy (non-hydrogen) atoms. The zero-order chi connectivity index (χ0) is 24.2. The van der Waals surface area contributed by atoms with Crippen molar-refractivity contribution in [1.82, 2.24) is 14.9 Å². The molecule has 0 saturated heterocycles. The topological polar surface area (TPSA) is 86.9 Å². The third-order valence-corrected chi connectivity index (χ3v) is 4.58. The van der Waals surface area contributed by atoms with Crippen molar-refractivity contribution in [1.29, 1.82) is 0 Å². The number of rotatable bonds is 4. The van der Waals surface area contributed by atoms with Gasteiger partial charge in [-0.25, -0.2) is 0 Å². The van der Waals surface area contributed by atoms with Crippen LogP contribution in [0.25, 0.3) is 22.7 Å². The van der Waals surface area contributed by atoms with E-state index in [-0.39, 0.29) is 26.6 Å². The van der Waals surface area contributed by atoms with Crippen LogP contribution in [0.3, 0.4) is 0 Å². The Morgan fingerprint density at radius 3 is 2.25 bits per heavy atom. The number of halogens is 9. The molecule has 0 aliphatic heterocycles. The van der Waals surface area contributed by atoms with Gasteiger partial charge < -0.3 is 10.3 Å². The monoisotopic (exact) mass is 488 g/mol. The zero-order valence-electron chi connectivity index (χ0n) is 15.4. The van der Waals surface area contributed by atoms with Crippen LogP contribution in [-0.4, -0.2) is 27.0 Å². The second-order valence-corrected chi connectivity index (χ2v) is 6.81. The van der Waals surface area contributed by atoms with Gasteiger partial charge in [-0.15, -0.1) is 0 Å². The lowest BCUT2D eigenvalue weighted by Crippen LogP contribution is -2.36. The van der Waals surface area contributed by atoms with Crippen molar-refractivity contribution < 1.29 is 44.4 Å². The lowest BCUT2D eigenvalue weighted by atomic mass is 10.0. The maximum Gasteiger partial charge on any atom is 0.459 e. The van der Waals surface area contributed by atoms with Gasteiger partial charge in [-0.2, -0.15) is 40.2 Å². The van der Waals surface area contributed by atoms with Gasteiger partial charge in [0.25, 0.3) is 0 Å². The van der Waals surface area contributed by atoms with E-state index in [0.29, 0.717) is 0 Å². The lowest BCUT2D eigenvalue weighted by Gasteiger charge is -2.19. The highest BCUT2D eigenvalue weighted by atomic mass is 35.5. The van der Waals surface area contributed by atoms with E-state index >= 15 is 0 Å². The number of hydrogen-bond donors (Lipinski definition) is 1. The summed E-state index contributed by atoms with van der Waals surface area (Å²) in [6.07, 6.45) is -12.0. The molecule has 3 rings (SSSR count). The van der Waals surface area contributed by atoms with Crippen LogP contribution in [0.15, 0.2) is 28.8 Å². The standard InChI is InChI=1S/C17H9ClF8N4O2/c1-30-12(11(16(21,22)23)13(28-30)15(19,20)17(24,25)26)9-5-10(32-29-9)6-2-3-8(18)7(4-6)14(27)31/h2-5H,1H3,(H2,27,31). The van der Waals surface area contributed by atoms with E-state index in [1.54, 1.807) is 0 Å². The predicted molar refractivity (Wildman–Crippen MR) is 92.6 cm³/mol. The van der Waals surface area contributed by atoms with Crippen molar-refractivity contribution in [3.8, 4) is 22.7 Å². The second-order valence-electron chi connectivity index (χ2n) is 6.40. The number of benzene rings is 1. The molecule has 0 fully saturated rings. The number of nitrogens with two attached hydrogens (primary N) is 1. The number of alkyl halides is 8. The number of carbonyl (C=O) groups is 1. The first-order chi connectivity index (χ1) is 14.6. The van der Waals surface area contributed by atoms with E-state index in [4.69, 9.17) is 21.9 Å². The molecule has 0 spiro atoms. The molecule has 0 aliphatic rings. The summed E-state index contributed by atoms with van der Waals surface area (Å²) >= 11 is 5.81. The van der Waals surface area contributed by atoms with Gasteiger partial charge >= 0.3 is 18.3 Å². The molecule has 0 radical (unpaired) electrons. The van der Waals surface area contributed by atoms with Crippen molar-refractivity contribution in [2.24, 2.45) is 12.8 Å². The minimum atomic E-state index is -6.33. The summed E-state index contributed by atoms with van der Waals surface area (Å²) in [5.74, 6) is -7.08. The molecule has 1 amide bonds. The Kier molecular flexibility index (Phi) is 5.48. The van der Waals surface area contributed by atoms with Crippen LogP contribution in [0.5, 0.6) is 0 Å². The number of aromatic nitrogens is 3. The molecule has 172 valence electrons. The first-order valence-electron chi connectivity index (χ1n) is 8.21. The summed E-state index contributed by atoms with van der Waals surface area (Å²) in [5.41, 5.74) is -1.71. The van der Waals surface area contributed by atoms with E-state index in [9.17, 15) is 39.9 Å². The van der Waals surface area contributed by atoms with Crippen molar-refractivity contribution in [3.63, 3.8) is 0 Å². The van der Waals surface area contributed by atoms with Crippen LogP contribution in [0.4, 0.5) is 35.1 Å². The normalized spacial score (nSPS) is 12.9. The van der Waals surface area contributed by atoms with E-state index in [1.165, 1.54) is 12.1 Å². The lowest BCUT2D eigenvalue weighted by molar-refractivity contribution is -0.292. The fourth-order valence-corrected chi connectivity index (χ4v) is 3.04. The summed E-state index contributed by atoms with van der Waals surface area (Å²) in [6.45, 7) is 0. The maximum absolute atomic E-state index is 13.8. The average Bonchev–Trinajstić information content (AvgIpc) is 3.25. The average molecular weight is 489 g/mol. The number of amides is 1. The van der Waals surface area contributed by atoms with Gasteiger partial charge in [0, 0.05) is 18.7 Å². The quantitative estimate of drug-likeness (QED) is 0.514. The van der Waals surface area contributed by atoms with Crippen LogP contribution >= 0.6 is 11.6 Å². The van der Waals surface area contributed by atoms with Crippen LogP contribution in [0, 0.1) is 0 Å². The molecular formula is C17H9ClF8N4O2. The van der Waals surface area contributed by atoms with Crippen LogP contribution in [0.1, 0.15) is 21.6 Å². The highest BCUT2D eigenvalue weighted by molar-refractivity contribution is 6.33. The Balaban J connectivity index is 2.20. The van der Waals surface area contributed by atoms with E-state index < -0.39 is 46.8 Å². The highest BCUT2D eigenvalue weighted by Crippen LogP contribution is 2.50. The number of primary amides is 1. The van der Waals surface area contributed by atoms with Gasteiger partial charge in [0.1, 0.15) is 17.0 Å². The van der Waals surface area contributed by atoms with Crippen molar-refractivity contribution >= 4 is 17.5 Å². The maximum atomic E-state index is 13.8. The Hall–Kier alpha value is -3.16. The first kappa shape index (κ1) is 23.5. The SMILES string of the molecule is Cn1nc(C(F)(F)C(F)(F)F)c(C(F)(F)F)c1-c1cc(-c2ccc(Cl)c(C(N)=O)c2)on1. The van der Waals surface area contributed by atoms with Crippen molar-refractivity contribution in [3.05, 3.63) is 46.1 Å². The number of carbonyl (C=O) groups excluding carboxylic acids is 1. The number of aryl methyl sites for hydroxylation is 1. The number of nitrogens with zero attached hydrogens (tertiary/aromatic N) is 3. The molecule has 3 aromatic rings. The van der Waals surface area contributed by atoms with Gasteiger partial charge in [0.2, 0.25) is 5.91 Å². The Morgan fingerprint density at radius 2 is 1.72 bits per heavy atom. The van der Waals surface area contributed by atoms with Crippen LogP contribution in [0.2, 0.25) is 5.02 Å².